The Hall–Kier alpha value is -4.64. The number of thiazole rings is 1. The number of carbonyl (C=O) groups is 5. The van der Waals surface area contributed by atoms with Crippen molar-refractivity contribution in [3.8, 4) is 0 Å². The number of alkyl halides is 1. The minimum absolute atomic E-state index is 0.0711. The molecule has 1 aliphatic heterocycles. The molecule has 2 unspecified atom stereocenters. The number of β-lactam (4-membered cyclic amide) rings is 1. The van der Waals surface area contributed by atoms with E-state index in [0.717, 1.165) is 18.4 Å². The first-order valence-corrected chi connectivity index (χ1v) is 12.9. The van der Waals surface area contributed by atoms with E-state index in [1.807, 2.05) is 0 Å². The van der Waals surface area contributed by atoms with Crippen LogP contribution in [0.5, 0.6) is 0 Å². The second-order valence-electron chi connectivity index (χ2n) is 8.72. The van der Waals surface area contributed by atoms with E-state index in [1.54, 1.807) is 0 Å². The summed E-state index contributed by atoms with van der Waals surface area (Å²) in [4.78, 5) is 81.0. The molecule has 3 amide bonds. The Bertz CT molecular complexity index is 1390. The van der Waals surface area contributed by atoms with E-state index in [0.29, 0.717) is 5.56 Å². The monoisotopic (exact) mass is 610 g/mol. The lowest BCUT2D eigenvalue weighted by Gasteiger charge is -2.34. The van der Waals surface area contributed by atoms with Crippen LogP contribution in [0, 0.1) is 10.1 Å². The van der Waals surface area contributed by atoms with Gasteiger partial charge < -0.3 is 30.3 Å². The second-order valence-corrected chi connectivity index (χ2v) is 9.85. The van der Waals surface area contributed by atoms with Crippen LogP contribution in [0.15, 0.2) is 34.8 Å². The molecule has 0 saturated carbocycles. The molecule has 0 spiro atoms. The van der Waals surface area contributed by atoms with E-state index >= 15 is 0 Å². The van der Waals surface area contributed by atoms with Crippen LogP contribution in [0.1, 0.15) is 25.1 Å². The molecule has 1 aromatic heterocycles. The summed E-state index contributed by atoms with van der Waals surface area (Å²) in [5.41, 5.74) is -2.00. The van der Waals surface area contributed by atoms with Crippen molar-refractivity contribution in [1.29, 1.82) is 0 Å². The van der Waals surface area contributed by atoms with Gasteiger partial charge in [0.2, 0.25) is 17.4 Å². The standard InChI is InChI=1S/C23H23ClN6O10S/c1-23(2,21(35)39-9-11-4-6-12(7-5-11)30(36)37)40-29-15(13-10-41-22(25-13)26-14(31)8-24)18(32)27-16-17(20(34)38-3)28-19(16)33/h4-7,10,16-17H,8-9H2,1-3H3,(H,27,32)(H,28,33)(H,25,26,31)/b29-15+. The number of non-ortho nitro benzene ring substituents is 1. The number of benzene rings is 1. The number of oxime groups is 1. The number of amides is 3. The van der Waals surface area contributed by atoms with Crippen molar-refractivity contribution < 1.29 is 43.2 Å². The molecule has 218 valence electrons. The number of hydrogen-bond acceptors (Lipinski definition) is 13. The van der Waals surface area contributed by atoms with Crippen LogP contribution in [-0.2, 0) is 44.9 Å². The average Bonchev–Trinajstić information content (AvgIpc) is 3.40. The van der Waals surface area contributed by atoms with Gasteiger partial charge in [-0.2, -0.15) is 0 Å². The number of hydrogen-bond donors (Lipinski definition) is 3. The lowest BCUT2D eigenvalue weighted by atomic mass is 9.99. The van der Waals surface area contributed by atoms with Gasteiger partial charge >= 0.3 is 11.9 Å². The zero-order valence-electron chi connectivity index (χ0n) is 21.7. The normalized spacial score (nSPS) is 16.5. The largest absolute Gasteiger partial charge is 0.467 e. The average molecular weight is 611 g/mol. The van der Waals surface area contributed by atoms with E-state index < -0.39 is 58.0 Å². The molecule has 3 rings (SSSR count). The van der Waals surface area contributed by atoms with Crippen molar-refractivity contribution >= 4 is 69.1 Å². The molecule has 16 nitrogen and oxygen atoms in total. The summed E-state index contributed by atoms with van der Waals surface area (Å²) in [6, 6.07) is 2.92. The zero-order valence-corrected chi connectivity index (χ0v) is 23.2. The van der Waals surface area contributed by atoms with Crippen LogP contribution in [0.2, 0.25) is 0 Å². The van der Waals surface area contributed by atoms with Crippen LogP contribution in [-0.4, -0.2) is 76.0 Å². The van der Waals surface area contributed by atoms with Crippen LogP contribution < -0.4 is 16.0 Å². The minimum atomic E-state index is -1.75. The van der Waals surface area contributed by atoms with Gasteiger partial charge in [0.1, 0.15) is 24.2 Å². The molecule has 1 saturated heterocycles. The SMILES string of the molecule is COC(=O)C1NC(=O)C1NC(=O)/C(=N/OC(C)(C)C(=O)OCc1ccc([N+](=O)[O-])cc1)c1csc(NC(=O)CCl)n1. The molecule has 0 bridgehead atoms. The van der Waals surface area contributed by atoms with Gasteiger partial charge in [0.05, 0.1) is 12.0 Å². The van der Waals surface area contributed by atoms with Gasteiger partial charge in [-0.1, -0.05) is 5.16 Å². The fourth-order valence-corrected chi connectivity index (χ4v) is 3.87. The number of anilines is 1. The summed E-state index contributed by atoms with van der Waals surface area (Å²) in [5.74, 6) is -4.23. The molecule has 2 aromatic rings. The summed E-state index contributed by atoms with van der Waals surface area (Å²) < 4.78 is 9.83. The van der Waals surface area contributed by atoms with E-state index in [9.17, 15) is 34.1 Å². The number of nitro benzene ring substituents is 1. The predicted molar refractivity (Wildman–Crippen MR) is 142 cm³/mol. The summed E-state index contributed by atoms with van der Waals surface area (Å²) in [6.45, 7) is 2.39. The molecule has 2 heterocycles. The van der Waals surface area contributed by atoms with E-state index in [1.165, 1.54) is 43.5 Å². The van der Waals surface area contributed by atoms with Gasteiger partial charge in [-0.3, -0.25) is 24.5 Å². The Morgan fingerprint density at radius 2 is 1.93 bits per heavy atom. The van der Waals surface area contributed by atoms with Crippen molar-refractivity contribution in [3.05, 3.63) is 51.0 Å². The Morgan fingerprint density at radius 1 is 1.24 bits per heavy atom. The molecule has 2 atom stereocenters. The number of aromatic nitrogens is 1. The first-order valence-electron chi connectivity index (χ1n) is 11.5. The Morgan fingerprint density at radius 3 is 2.51 bits per heavy atom. The highest BCUT2D eigenvalue weighted by molar-refractivity contribution is 7.14. The molecule has 0 radical (unpaired) electrons. The summed E-state index contributed by atoms with van der Waals surface area (Å²) in [7, 11) is 1.11. The Balaban J connectivity index is 1.78. The van der Waals surface area contributed by atoms with Crippen LogP contribution in [0.4, 0.5) is 10.8 Å². The van der Waals surface area contributed by atoms with Gasteiger partial charge in [-0.05, 0) is 31.5 Å². The highest BCUT2D eigenvalue weighted by Gasteiger charge is 2.46. The zero-order chi connectivity index (χ0) is 30.3. The molecule has 3 N–H and O–H groups in total. The lowest BCUT2D eigenvalue weighted by molar-refractivity contribution is -0.384. The van der Waals surface area contributed by atoms with Gasteiger partial charge in [-0.25, -0.2) is 14.6 Å². The number of carbonyl (C=O) groups excluding carboxylic acids is 5. The fourth-order valence-electron chi connectivity index (χ4n) is 3.09. The summed E-state index contributed by atoms with van der Waals surface area (Å²) in [5, 5.41) is 23.1. The van der Waals surface area contributed by atoms with Crippen molar-refractivity contribution in [2.24, 2.45) is 5.16 Å². The van der Waals surface area contributed by atoms with Gasteiger partial charge in [0.25, 0.3) is 11.6 Å². The van der Waals surface area contributed by atoms with E-state index in [4.69, 9.17) is 21.2 Å². The second kappa shape index (κ2) is 13.1. The molecule has 1 fully saturated rings. The maximum atomic E-state index is 13.1. The number of halogens is 1. The molecule has 18 heteroatoms. The smallest absolute Gasteiger partial charge is 0.353 e. The van der Waals surface area contributed by atoms with Crippen LogP contribution >= 0.6 is 22.9 Å². The number of nitrogens with zero attached hydrogens (tertiary/aromatic N) is 3. The van der Waals surface area contributed by atoms with Crippen molar-refractivity contribution in [1.82, 2.24) is 15.6 Å². The molecule has 1 aromatic carbocycles. The quantitative estimate of drug-likeness (QED) is 0.0755. The number of esters is 2. The first kappa shape index (κ1) is 30.9. The molecular formula is C23H23ClN6O10S. The Kier molecular flexibility index (Phi) is 9.90. The van der Waals surface area contributed by atoms with Crippen LogP contribution in [0.25, 0.3) is 0 Å². The Labute approximate surface area is 240 Å². The van der Waals surface area contributed by atoms with E-state index in [-0.39, 0.29) is 29.0 Å². The summed E-state index contributed by atoms with van der Waals surface area (Å²) in [6.07, 6.45) is 0. The van der Waals surface area contributed by atoms with Gasteiger partial charge in [0.15, 0.2) is 16.9 Å². The fraction of sp³-hybridized carbons (Fsp3) is 0.348. The maximum Gasteiger partial charge on any atom is 0.353 e. The van der Waals surface area contributed by atoms with E-state index in [2.05, 4.69) is 30.8 Å². The highest BCUT2D eigenvalue weighted by Crippen LogP contribution is 2.20. The highest BCUT2D eigenvalue weighted by atomic mass is 35.5. The molecule has 41 heavy (non-hydrogen) atoms. The third kappa shape index (κ3) is 7.73. The van der Waals surface area contributed by atoms with Gasteiger partial charge in [-0.15, -0.1) is 22.9 Å². The lowest BCUT2D eigenvalue weighted by Crippen LogP contribution is -2.72. The molecular weight excluding hydrogens is 588 g/mol. The third-order valence-electron chi connectivity index (χ3n) is 5.36. The van der Waals surface area contributed by atoms with Crippen molar-refractivity contribution in [3.63, 3.8) is 0 Å². The molecule has 1 aliphatic rings. The number of ether oxygens (including phenoxy) is 2. The minimum Gasteiger partial charge on any atom is -0.467 e. The molecule has 0 aliphatic carbocycles. The first-order chi connectivity index (χ1) is 19.4. The van der Waals surface area contributed by atoms with Crippen LogP contribution in [0.3, 0.4) is 0 Å². The maximum absolute atomic E-state index is 13.1. The number of nitro groups is 1. The van der Waals surface area contributed by atoms with Crippen molar-refractivity contribution in [2.75, 3.05) is 18.3 Å². The number of nitrogens with one attached hydrogen (secondary N) is 3. The predicted octanol–water partition coefficient (Wildman–Crippen LogP) is 0.628. The third-order valence-corrected chi connectivity index (χ3v) is 6.36. The van der Waals surface area contributed by atoms with Crippen molar-refractivity contribution in [2.45, 2.75) is 38.1 Å². The number of rotatable bonds is 12. The topological polar surface area (TPSA) is 218 Å². The summed E-state index contributed by atoms with van der Waals surface area (Å²) >= 11 is 6.42. The van der Waals surface area contributed by atoms with Gasteiger partial charge in [0, 0.05) is 17.5 Å². The number of methoxy groups -OCH3 is 1.